The molecular formula is C20H21ClFN3O. The molecule has 0 aliphatic rings. The van der Waals surface area contributed by atoms with Crippen molar-refractivity contribution in [3.8, 4) is 0 Å². The van der Waals surface area contributed by atoms with Gasteiger partial charge in [-0.05, 0) is 30.7 Å². The number of halogens is 2. The fraction of sp³-hybridized carbons (Fsp3) is 0.300. The topological polar surface area (TPSA) is 46.9 Å². The summed E-state index contributed by atoms with van der Waals surface area (Å²) in [6, 6.07) is 12.4. The zero-order valence-electron chi connectivity index (χ0n) is 14.6. The maximum atomic E-state index is 14.2. The Hall–Kier alpha value is -2.40. The van der Waals surface area contributed by atoms with E-state index < -0.39 is 0 Å². The largest absolute Gasteiger partial charge is 0.356 e. The molecule has 0 saturated carbocycles. The second-order valence-electron chi connectivity index (χ2n) is 6.15. The third kappa shape index (κ3) is 4.05. The van der Waals surface area contributed by atoms with Gasteiger partial charge in [-0.2, -0.15) is 0 Å². The first-order valence-electron chi connectivity index (χ1n) is 8.74. The molecule has 0 aliphatic carbocycles. The smallest absolute Gasteiger partial charge is 0.219 e. The average Bonchev–Trinajstić information content (AvgIpc) is 2.96. The monoisotopic (exact) mass is 373 g/mol. The molecule has 0 saturated heterocycles. The summed E-state index contributed by atoms with van der Waals surface area (Å²) < 4.78 is 16.2. The van der Waals surface area contributed by atoms with Gasteiger partial charge >= 0.3 is 0 Å². The van der Waals surface area contributed by atoms with Gasteiger partial charge in [-0.1, -0.05) is 36.7 Å². The lowest BCUT2D eigenvalue weighted by atomic mass is 10.2. The van der Waals surface area contributed by atoms with Crippen molar-refractivity contribution in [1.82, 2.24) is 14.9 Å². The standard InChI is InChI=1S/C20H21ClFN3O/c1-2-6-20(26)23-12-11-19-24-17-9-3-4-10-18(17)25(19)13-14-15(21)7-5-8-16(14)22/h3-5,7-10H,2,6,11-13H2,1H3,(H,23,26). The van der Waals surface area contributed by atoms with Crippen LogP contribution in [0.5, 0.6) is 0 Å². The van der Waals surface area contributed by atoms with Gasteiger partial charge in [-0.25, -0.2) is 9.37 Å². The number of nitrogens with one attached hydrogen (secondary N) is 1. The van der Waals surface area contributed by atoms with Crippen molar-refractivity contribution >= 4 is 28.5 Å². The summed E-state index contributed by atoms with van der Waals surface area (Å²) in [7, 11) is 0. The van der Waals surface area contributed by atoms with Crippen LogP contribution in [-0.4, -0.2) is 22.0 Å². The lowest BCUT2D eigenvalue weighted by Gasteiger charge is -2.12. The van der Waals surface area contributed by atoms with E-state index in [2.05, 4.69) is 10.3 Å². The highest BCUT2D eigenvalue weighted by molar-refractivity contribution is 6.31. The summed E-state index contributed by atoms with van der Waals surface area (Å²) in [5.74, 6) is 0.493. The average molecular weight is 374 g/mol. The first-order valence-corrected chi connectivity index (χ1v) is 9.11. The number of benzene rings is 2. The van der Waals surface area contributed by atoms with E-state index in [4.69, 9.17) is 11.6 Å². The number of amides is 1. The number of nitrogens with zero attached hydrogens (tertiary/aromatic N) is 2. The van der Waals surface area contributed by atoms with Crippen LogP contribution in [0.15, 0.2) is 42.5 Å². The van der Waals surface area contributed by atoms with Crippen molar-refractivity contribution < 1.29 is 9.18 Å². The highest BCUT2D eigenvalue weighted by Crippen LogP contribution is 2.24. The quantitative estimate of drug-likeness (QED) is 0.669. The first-order chi connectivity index (χ1) is 12.6. The molecule has 0 unspecified atom stereocenters. The van der Waals surface area contributed by atoms with Gasteiger partial charge in [0.1, 0.15) is 11.6 Å². The first kappa shape index (κ1) is 18.4. The molecule has 0 radical (unpaired) electrons. The molecule has 3 aromatic rings. The number of para-hydroxylation sites is 2. The van der Waals surface area contributed by atoms with Crippen molar-refractivity contribution in [2.45, 2.75) is 32.7 Å². The lowest BCUT2D eigenvalue weighted by Crippen LogP contribution is -2.26. The van der Waals surface area contributed by atoms with Gasteiger partial charge in [0.15, 0.2) is 0 Å². The molecule has 1 aromatic heterocycles. The predicted molar refractivity (Wildman–Crippen MR) is 102 cm³/mol. The Morgan fingerprint density at radius 1 is 1.23 bits per heavy atom. The zero-order chi connectivity index (χ0) is 18.5. The van der Waals surface area contributed by atoms with Crippen LogP contribution in [0.25, 0.3) is 11.0 Å². The molecular weight excluding hydrogens is 353 g/mol. The number of rotatable bonds is 7. The minimum absolute atomic E-state index is 0.0345. The Kier molecular flexibility index (Phi) is 5.89. The molecule has 0 spiro atoms. The molecule has 3 rings (SSSR count). The van der Waals surface area contributed by atoms with Gasteiger partial charge in [0.05, 0.1) is 17.6 Å². The number of imidazole rings is 1. The molecule has 1 N–H and O–H groups in total. The normalized spacial score (nSPS) is 11.0. The van der Waals surface area contributed by atoms with Gasteiger partial charge in [-0.3, -0.25) is 4.79 Å². The minimum atomic E-state index is -0.336. The van der Waals surface area contributed by atoms with Gasteiger partial charge < -0.3 is 9.88 Å². The van der Waals surface area contributed by atoms with E-state index in [0.29, 0.717) is 36.5 Å². The second-order valence-corrected chi connectivity index (χ2v) is 6.56. The second kappa shape index (κ2) is 8.32. The predicted octanol–water partition coefficient (Wildman–Crippen LogP) is 4.34. The number of carbonyl (C=O) groups is 1. The molecule has 26 heavy (non-hydrogen) atoms. The van der Waals surface area contributed by atoms with Crippen LogP contribution < -0.4 is 5.32 Å². The van der Waals surface area contributed by atoms with Gasteiger partial charge in [0.25, 0.3) is 0 Å². The summed E-state index contributed by atoms with van der Waals surface area (Å²) in [5.41, 5.74) is 2.20. The van der Waals surface area contributed by atoms with Crippen molar-refractivity contribution in [3.63, 3.8) is 0 Å². The fourth-order valence-corrected chi connectivity index (χ4v) is 3.19. The molecule has 6 heteroatoms. The summed E-state index contributed by atoms with van der Waals surface area (Å²) in [4.78, 5) is 16.3. The van der Waals surface area contributed by atoms with Gasteiger partial charge in [-0.15, -0.1) is 0 Å². The van der Waals surface area contributed by atoms with E-state index in [1.165, 1.54) is 6.07 Å². The van der Waals surface area contributed by atoms with E-state index >= 15 is 0 Å². The lowest BCUT2D eigenvalue weighted by molar-refractivity contribution is -0.121. The maximum absolute atomic E-state index is 14.2. The maximum Gasteiger partial charge on any atom is 0.219 e. The highest BCUT2D eigenvalue weighted by Gasteiger charge is 2.15. The Balaban J connectivity index is 1.89. The molecule has 0 atom stereocenters. The van der Waals surface area contributed by atoms with Crippen LogP contribution in [0, 0.1) is 5.82 Å². The van der Waals surface area contributed by atoms with Gasteiger partial charge in [0, 0.05) is 30.0 Å². The van der Waals surface area contributed by atoms with E-state index in [9.17, 15) is 9.18 Å². The van der Waals surface area contributed by atoms with Crippen LogP contribution in [0.3, 0.4) is 0 Å². The molecule has 4 nitrogen and oxygen atoms in total. The molecule has 2 aromatic carbocycles. The molecule has 0 fully saturated rings. The van der Waals surface area contributed by atoms with Crippen molar-refractivity contribution in [2.75, 3.05) is 6.54 Å². The molecule has 0 bridgehead atoms. The van der Waals surface area contributed by atoms with Crippen molar-refractivity contribution in [1.29, 1.82) is 0 Å². The van der Waals surface area contributed by atoms with Crippen LogP contribution in [0.4, 0.5) is 4.39 Å². The fourth-order valence-electron chi connectivity index (χ4n) is 2.96. The van der Waals surface area contributed by atoms with Crippen LogP contribution >= 0.6 is 11.6 Å². The number of aromatic nitrogens is 2. The molecule has 0 aliphatic heterocycles. The summed E-state index contributed by atoms with van der Waals surface area (Å²) in [6.07, 6.45) is 1.90. The highest BCUT2D eigenvalue weighted by atomic mass is 35.5. The Morgan fingerprint density at radius 3 is 2.81 bits per heavy atom. The SMILES string of the molecule is CCCC(=O)NCCc1nc2ccccc2n1Cc1c(F)cccc1Cl. The van der Waals surface area contributed by atoms with Crippen LogP contribution in [0.1, 0.15) is 31.2 Å². The zero-order valence-corrected chi connectivity index (χ0v) is 15.4. The number of hydrogen-bond acceptors (Lipinski definition) is 2. The summed E-state index contributed by atoms with van der Waals surface area (Å²) in [5, 5.41) is 3.29. The van der Waals surface area contributed by atoms with Gasteiger partial charge in [0.2, 0.25) is 5.91 Å². The number of hydrogen-bond donors (Lipinski definition) is 1. The van der Waals surface area contributed by atoms with E-state index in [-0.39, 0.29) is 11.7 Å². The summed E-state index contributed by atoms with van der Waals surface area (Å²) in [6.45, 7) is 2.76. The Morgan fingerprint density at radius 2 is 2.04 bits per heavy atom. The van der Waals surface area contributed by atoms with E-state index in [1.807, 2.05) is 35.8 Å². The van der Waals surface area contributed by atoms with Crippen LogP contribution in [0.2, 0.25) is 5.02 Å². The van der Waals surface area contributed by atoms with E-state index in [0.717, 1.165) is 23.3 Å². The third-order valence-corrected chi connectivity index (χ3v) is 4.61. The van der Waals surface area contributed by atoms with E-state index in [1.54, 1.807) is 12.1 Å². The number of carbonyl (C=O) groups excluding carboxylic acids is 1. The molecule has 1 amide bonds. The summed E-state index contributed by atoms with van der Waals surface area (Å²) >= 11 is 6.20. The number of fused-ring (bicyclic) bond motifs is 1. The molecule has 136 valence electrons. The minimum Gasteiger partial charge on any atom is -0.356 e. The van der Waals surface area contributed by atoms with Crippen molar-refractivity contribution in [2.24, 2.45) is 0 Å². The Bertz CT molecular complexity index is 902. The third-order valence-electron chi connectivity index (χ3n) is 4.26. The van der Waals surface area contributed by atoms with Crippen LogP contribution in [-0.2, 0) is 17.8 Å². The van der Waals surface area contributed by atoms with Crippen molar-refractivity contribution in [3.05, 3.63) is 64.7 Å². The molecule has 1 heterocycles. The Labute approximate surface area is 157 Å².